The Labute approximate surface area is 130 Å². The Morgan fingerprint density at radius 1 is 1.33 bits per heavy atom. The summed E-state index contributed by atoms with van der Waals surface area (Å²) in [5.41, 5.74) is -0.750. The molecule has 0 bridgehead atoms. The van der Waals surface area contributed by atoms with Crippen molar-refractivity contribution in [1.29, 1.82) is 0 Å². The molecule has 0 amide bonds. The van der Waals surface area contributed by atoms with Gasteiger partial charge in [0.1, 0.15) is 5.82 Å². The van der Waals surface area contributed by atoms with Gasteiger partial charge in [-0.15, -0.1) is 0 Å². The molecule has 1 atom stereocenters. The predicted octanol–water partition coefficient (Wildman–Crippen LogP) is 3.16. The van der Waals surface area contributed by atoms with E-state index in [1.165, 1.54) is 11.5 Å². The third kappa shape index (κ3) is 3.36. The minimum atomic E-state index is -0.720. The van der Waals surface area contributed by atoms with E-state index in [0.29, 0.717) is 0 Å². The molecular weight excluding hydrogens is 286 g/mol. The van der Waals surface area contributed by atoms with Gasteiger partial charge < -0.3 is 10.0 Å². The van der Waals surface area contributed by atoms with E-state index in [9.17, 15) is 9.90 Å². The fraction of sp³-hybridized carbons (Fsp3) is 0.800. The van der Waals surface area contributed by atoms with Gasteiger partial charge in [-0.05, 0) is 32.6 Å². The van der Waals surface area contributed by atoms with E-state index in [1.807, 2.05) is 13.8 Å². The Morgan fingerprint density at radius 2 is 2.00 bits per heavy atom. The molecule has 1 aromatic heterocycles. The van der Waals surface area contributed by atoms with Gasteiger partial charge in [-0.1, -0.05) is 20.8 Å². The number of nitrogens with zero attached hydrogens (tertiary/aromatic N) is 3. The number of piperidine rings is 1. The molecule has 1 aliphatic rings. The topological polar surface area (TPSA) is 66.3 Å². The Morgan fingerprint density at radius 3 is 2.52 bits per heavy atom. The number of carbonyl (C=O) groups is 1. The van der Waals surface area contributed by atoms with Gasteiger partial charge in [-0.25, -0.2) is 4.98 Å². The van der Waals surface area contributed by atoms with Gasteiger partial charge in [-0.2, -0.15) is 4.37 Å². The number of carboxylic acids is 1. The summed E-state index contributed by atoms with van der Waals surface area (Å²) in [7, 11) is 0. The largest absolute Gasteiger partial charge is 0.481 e. The number of hydrogen-bond donors (Lipinski definition) is 1. The second-order valence-corrected chi connectivity index (χ2v) is 8.19. The van der Waals surface area contributed by atoms with Gasteiger partial charge in [-0.3, -0.25) is 4.79 Å². The highest BCUT2D eigenvalue weighted by atomic mass is 32.1. The van der Waals surface area contributed by atoms with Gasteiger partial charge >= 0.3 is 5.97 Å². The zero-order valence-electron chi connectivity index (χ0n) is 13.5. The van der Waals surface area contributed by atoms with Crippen LogP contribution < -0.4 is 4.90 Å². The van der Waals surface area contributed by atoms with Crippen molar-refractivity contribution in [2.75, 3.05) is 18.0 Å². The van der Waals surface area contributed by atoms with Crippen LogP contribution in [0, 0.1) is 11.3 Å². The Bertz CT molecular complexity index is 519. The average molecular weight is 311 g/mol. The lowest BCUT2D eigenvalue weighted by Gasteiger charge is -2.39. The Balaban J connectivity index is 2.15. The molecule has 1 unspecified atom stereocenters. The molecule has 0 aromatic carbocycles. The van der Waals surface area contributed by atoms with Crippen molar-refractivity contribution in [2.24, 2.45) is 11.3 Å². The van der Waals surface area contributed by atoms with Crippen LogP contribution in [0.4, 0.5) is 5.13 Å². The minimum Gasteiger partial charge on any atom is -0.481 e. The molecule has 118 valence electrons. The van der Waals surface area contributed by atoms with Crippen LogP contribution in [0.1, 0.15) is 53.3 Å². The van der Waals surface area contributed by atoms with Crippen LogP contribution in [-0.4, -0.2) is 33.5 Å². The summed E-state index contributed by atoms with van der Waals surface area (Å²) in [6.07, 6.45) is 1.96. The number of rotatable bonds is 3. The first-order valence-electron chi connectivity index (χ1n) is 7.45. The van der Waals surface area contributed by atoms with Crippen molar-refractivity contribution >= 4 is 22.6 Å². The average Bonchev–Trinajstić information content (AvgIpc) is 2.88. The molecule has 1 aromatic rings. The Kier molecular flexibility index (Phi) is 4.29. The maximum atomic E-state index is 11.5. The molecule has 0 spiro atoms. The molecule has 0 radical (unpaired) electrons. The highest BCUT2D eigenvalue weighted by Crippen LogP contribution is 2.36. The van der Waals surface area contributed by atoms with E-state index in [0.717, 1.165) is 36.9 Å². The fourth-order valence-electron chi connectivity index (χ4n) is 2.56. The molecule has 5 nitrogen and oxygen atoms in total. The number of anilines is 1. The molecule has 0 saturated carbocycles. The van der Waals surface area contributed by atoms with E-state index in [4.69, 9.17) is 0 Å². The van der Waals surface area contributed by atoms with Gasteiger partial charge in [0.25, 0.3) is 0 Å². The van der Waals surface area contributed by atoms with Crippen molar-refractivity contribution in [2.45, 2.75) is 52.9 Å². The van der Waals surface area contributed by atoms with Crippen LogP contribution in [0.15, 0.2) is 0 Å². The maximum absolute atomic E-state index is 11.5. The standard InChI is InChI=1S/C15H25N3O2S/c1-14(2,3)11-16-13(21-17-11)18-8-6-7-10(9-18)15(4,5)12(19)20/h10H,6-9H2,1-5H3,(H,19,20). The second-order valence-electron chi connectivity index (χ2n) is 7.46. The Hall–Kier alpha value is -1.17. The van der Waals surface area contributed by atoms with Crippen molar-refractivity contribution in [3.05, 3.63) is 5.82 Å². The molecule has 0 aliphatic carbocycles. The molecular formula is C15H25N3O2S. The summed E-state index contributed by atoms with van der Waals surface area (Å²) >= 11 is 1.42. The number of hydrogen-bond acceptors (Lipinski definition) is 5. The number of aliphatic carboxylic acids is 1. The first kappa shape index (κ1) is 16.2. The highest BCUT2D eigenvalue weighted by molar-refractivity contribution is 7.09. The van der Waals surface area contributed by atoms with E-state index in [2.05, 4.69) is 35.0 Å². The molecule has 21 heavy (non-hydrogen) atoms. The van der Waals surface area contributed by atoms with Gasteiger partial charge in [0.05, 0.1) is 5.41 Å². The summed E-state index contributed by atoms with van der Waals surface area (Å²) in [6.45, 7) is 11.6. The van der Waals surface area contributed by atoms with Crippen LogP contribution in [0.2, 0.25) is 0 Å². The molecule has 2 rings (SSSR count). The van der Waals surface area contributed by atoms with Gasteiger partial charge in [0, 0.05) is 30.0 Å². The molecule has 1 aliphatic heterocycles. The molecule has 2 heterocycles. The zero-order chi connectivity index (χ0) is 15.8. The first-order valence-corrected chi connectivity index (χ1v) is 8.22. The second kappa shape index (κ2) is 5.55. The van der Waals surface area contributed by atoms with Gasteiger partial charge in [0.2, 0.25) is 5.13 Å². The van der Waals surface area contributed by atoms with Crippen LogP contribution in [0.5, 0.6) is 0 Å². The van der Waals surface area contributed by atoms with E-state index >= 15 is 0 Å². The van der Waals surface area contributed by atoms with E-state index in [1.54, 1.807) is 0 Å². The minimum absolute atomic E-state index is 0.0513. The smallest absolute Gasteiger partial charge is 0.309 e. The maximum Gasteiger partial charge on any atom is 0.309 e. The van der Waals surface area contributed by atoms with E-state index in [-0.39, 0.29) is 11.3 Å². The lowest BCUT2D eigenvalue weighted by molar-refractivity contribution is -0.150. The van der Waals surface area contributed by atoms with Crippen molar-refractivity contribution < 1.29 is 9.90 Å². The highest BCUT2D eigenvalue weighted by Gasteiger charge is 2.39. The third-order valence-corrected chi connectivity index (χ3v) is 5.13. The van der Waals surface area contributed by atoms with Crippen LogP contribution in [-0.2, 0) is 10.2 Å². The summed E-state index contributed by atoms with van der Waals surface area (Å²) in [5, 5.41) is 10.3. The molecule has 1 fully saturated rings. The number of carboxylic acid groups (broad SMARTS) is 1. The quantitative estimate of drug-likeness (QED) is 0.928. The normalized spacial score (nSPS) is 20.6. The molecule has 6 heteroatoms. The summed E-state index contributed by atoms with van der Waals surface area (Å²) in [6, 6.07) is 0. The zero-order valence-corrected chi connectivity index (χ0v) is 14.3. The van der Waals surface area contributed by atoms with Gasteiger partial charge in [0.15, 0.2) is 0 Å². The van der Waals surface area contributed by atoms with Crippen molar-refractivity contribution in [3.63, 3.8) is 0 Å². The van der Waals surface area contributed by atoms with Crippen LogP contribution in [0.3, 0.4) is 0 Å². The van der Waals surface area contributed by atoms with Crippen molar-refractivity contribution in [3.8, 4) is 0 Å². The fourth-order valence-corrected chi connectivity index (χ4v) is 3.45. The van der Waals surface area contributed by atoms with E-state index < -0.39 is 11.4 Å². The monoisotopic (exact) mass is 311 g/mol. The lowest BCUT2D eigenvalue weighted by atomic mass is 9.75. The van der Waals surface area contributed by atoms with Crippen LogP contribution in [0.25, 0.3) is 0 Å². The number of aromatic nitrogens is 2. The lowest BCUT2D eigenvalue weighted by Crippen LogP contribution is -2.44. The third-order valence-electron chi connectivity index (χ3n) is 4.35. The first-order chi connectivity index (χ1) is 9.62. The van der Waals surface area contributed by atoms with Crippen LogP contribution >= 0.6 is 11.5 Å². The molecule has 1 N–H and O–H groups in total. The summed E-state index contributed by atoms with van der Waals surface area (Å²) in [5.74, 6) is 0.287. The van der Waals surface area contributed by atoms with Crippen molar-refractivity contribution in [1.82, 2.24) is 9.36 Å². The molecule has 1 saturated heterocycles. The summed E-state index contributed by atoms with van der Waals surface area (Å²) in [4.78, 5) is 18.3. The summed E-state index contributed by atoms with van der Waals surface area (Å²) < 4.78 is 4.46. The SMILES string of the molecule is CC(C)(C)c1nsc(N2CCCC(C(C)(C)C(=O)O)C2)n1. The predicted molar refractivity (Wildman–Crippen MR) is 85.0 cm³/mol.